The molecule has 7 nitrogen and oxygen atoms in total. The van der Waals surface area contributed by atoms with E-state index in [1.54, 1.807) is 0 Å². The van der Waals surface area contributed by atoms with Crippen molar-refractivity contribution in [2.75, 3.05) is 11.6 Å². The first-order chi connectivity index (χ1) is 9.12. The van der Waals surface area contributed by atoms with Crippen LogP contribution in [-0.4, -0.2) is 36.6 Å². The van der Waals surface area contributed by atoms with Crippen LogP contribution >= 0.6 is 0 Å². The summed E-state index contributed by atoms with van der Waals surface area (Å²) in [5.74, 6) is -3.06. The Bertz CT molecular complexity index is 609. The van der Waals surface area contributed by atoms with E-state index in [9.17, 15) is 18.0 Å². The second-order valence-corrected chi connectivity index (χ2v) is 6.52. The minimum atomic E-state index is -3.39. The normalized spacial score (nSPS) is 14.3. The third-order valence-electron chi connectivity index (χ3n) is 2.94. The van der Waals surface area contributed by atoms with Gasteiger partial charge in [0, 0.05) is 12.2 Å². The predicted molar refractivity (Wildman–Crippen MR) is 71.9 cm³/mol. The van der Waals surface area contributed by atoms with Gasteiger partial charge in [0.2, 0.25) is 5.91 Å². The predicted octanol–water partition coefficient (Wildman–Crippen LogP) is 0.780. The van der Waals surface area contributed by atoms with E-state index in [1.165, 1.54) is 32.2 Å². The number of carboxylic acids is 1. The Hall–Kier alpha value is -1.96. The molecule has 20 heavy (non-hydrogen) atoms. The quantitative estimate of drug-likeness (QED) is 0.830. The van der Waals surface area contributed by atoms with Gasteiger partial charge in [-0.3, -0.25) is 9.59 Å². The summed E-state index contributed by atoms with van der Waals surface area (Å²) in [7, 11) is -3.39. The molecule has 2 N–H and O–H groups in total. The maximum atomic E-state index is 11.8. The summed E-state index contributed by atoms with van der Waals surface area (Å²) in [6.07, 6.45) is 2.25. The fourth-order valence-electron chi connectivity index (χ4n) is 1.37. The second kappa shape index (κ2) is 6.00. The number of rotatable bonds is 5. The van der Waals surface area contributed by atoms with Crippen molar-refractivity contribution in [1.82, 2.24) is 4.98 Å². The number of sulfone groups is 1. The van der Waals surface area contributed by atoms with E-state index in [-0.39, 0.29) is 5.03 Å². The van der Waals surface area contributed by atoms with E-state index in [0.717, 1.165) is 6.26 Å². The average molecular weight is 300 g/mol. The summed E-state index contributed by atoms with van der Waals surface area (Å²) in [6.45, 7) is 2.95. The number of amides is 1. The molecule has 0 spiro atoms. The van der Waals surface area contributed by atoms with E-state index in [4.69, 9.17) is 5.11 Å². The van der Waals surface area contributed by atoms with Crippen LogP contribution < -0.4 is 5.32 Å². The summed E-state index contributed by atoms with van der Waals surface area (Å²) in [4.78, 5) is 26.3. The number of carbonyl (C=O) groups is 2. The summed E-state index contributed by atoms with van der Waals surface area (Å²) in [5.41, 5.74) is 0.312. The van der Waals surface area contributed by atoms with Gasteiger partial charge >= 0.3 is 5.97 Å². The van der Waals surface area contributed by atoms with Crippen molar-refractivity contribution in [1.29, 1.82) is 0 Å². The third kappa shape index (κ3) is 4.02. The molecule has 1 aromatic heterocycles. The zero-order valence-corrected chi connectivity index (χ0v) is 12.1. The lowest BCUT2D eigenvalue weighted by molar-refractivity contribution is -0.145. The molecule has 1 aromatic rings. The van der Waals surface area contributed by atoms with Crippen LogP contribution in [0.3, 0.4) is 0 Å². The Kier molecular flexibility index (Phi) is 4.83. The number of nitrogens with one attached hydrogen (secondary N) is 1. The molecule has 0 fully saturated rings. The number of hydrogen-bond acceptors (Lipinski definition) is 5. The Morgan fingerprint density at radius 3 is 2.25 bits per heavy atom. The average Bonchev–Trinajstić information content (AvgIpc) is 2.36. The SMILES string of the molecule is CC(C(=O)O)C(C)C(=O)Nc1ccc(S(C)(=O)=O)nc1. The fraction of sp³-hybridized carbons (Fsp3) is 0.417. The van der Waals surface area contributed by atoms with Gasteiger partial charge in [-0.2, -0.15) is 0 Å². The van der Waals surface area contributed by atoms with Gasteiger partial charge in [0.25, 0.3) is 0 Å². The molecule has 0 radical (unpaired) electrons. The summed E-state index contributed by atoms with van der Waals surface area (Å²) >= 11 is 0. The van der Waals surface area contributed by atoms with Crippen LogP contribution in [0.25, 0.3) is 0 Å². The highest BCUT2D eigenvalue weighted by Crippen LogP contribution is 2.15. The largest absolute Gasteiger partial charge is 0.481 e. The summed E-state index contributed by atoms with van der Waals surface area (Å²) < 4.78 is 22.4. The number of anilines is 1. The molecule has 2 atom stereocenters. The molecule has 2 unspecified atom stereocenters. The van der Waals surface area contributed by atoms with Crippen molar-refractivity contribution < 1.29 is 23.1 Å². The Morgan fingerprint density at radius 1 is 1.25 bits per heavy atom. The minimum Gasteiger partial charge on any atom is -0.481 e. The number of aromatic nitrogens is 1. The molecule has 110 valence electrons. The molecule has 0 aliphatic rings. The Labute approximate surface area is 116 Å². The van der Waals surface area contributed by atoms with Crippen LogP contribution in [0.15, 0.2) is 23.4 Å². The van der Waals surface area contributed by atoms with Gasteiger partial charge < -0.3 is 10.4 Å². The molecule has 1 heterocycles. The zero-order valence-electron chi connectivity index (χ0n) is 11.3. The van der Waals surface area contributed by atoms with Gasteiger partial charge in [-0.15, -0.1) is 0 Å². The highest BCUT2D eigenvalue weighted by molar-refractivity contribution is 7.90. The molecule has 0 aliphatic carbocycles. The van der Waals surface area contributed by atoms with Gasteiger partial charge in [0.05, 0.1) is 17.8 Å². The van der Waals surface area contributed by atoms with Crippen LogP contribution in [0.2, 0.25) is 0 Å². The molecule has 1 rings (SSSR count). The van der Waals surface area contributed by atoms with Gasteiger partial charge in [-0.05, 0) is 12.1 Å². The first-order valence-electron chi connectivity index (χ1n) is 5.82. The Morgan fingerprint density at radius 2 is 1.85 bits per heavy atom. The lowest BCUT2D eigenvalue weighted by atomic mass is 9.95. The third-order valence-corrected chi connectivity index (χ3v) is 3.94. The van der Waals surface area contributed by atoms with Crippen molar-refractivity contribution in [3.63, 3.8) is 0 Å². The maximum absolute atomic E-state index is 11.8. The minimum absolute atomic E-state index is 0.0950. The van der Waals surface area contributed by atoms with Crippen LogP contribution in [0.4, 0.5) is 5.69 Å². The highest BCUT2D eigenvalue weighted by Gasteiger charge is 2.25. The first-order valence-corrected chi connectivity index (χ1v) is 7.72. The maximum Gasteiger partial charge on any atom is 0.307 e. The van der Waals surface area contributed by atoms with Gasteiger partial charge in [0.15, 0.2) is 14.9 Å². The van der Waals surface area contributed by atoms with Crippen LogP contribution in [0.1, 0.15) is 13.8 Å². The van der Waals surface area contributed by atoms with Crippen molar-refractivity contribution >= 4 is 27.4 Å². The van der Waals surface area contributed by atoms with Crippen molar-refractivity contribution in [3.05, 3.63) is 18.3 Å². The number of pyridine rings is 1. The highest BCUT2D eigenvalue weighted by atomic mass is 32.2. The lowest BCUT2D eigenvalue weighted by Gasteiger charge is -2.15. The molecular formula is C12H16N2O5S. The molecular weight excluding hydrogens is 284 g/mol. The number of nitrogens with zero attached hydrogens (tertiary/aromatic N) is 1. The molecule has 0 bridgehead atoms. The second-order valence-electron chi connectivity index (χ2n) is 4.56. The molecule has 0 aromatic carbocycles. The topological polar surface area (TPSA) is 113 Å². The van der Waals surface area contributed by atoms with Crippen molar-refractivity contribution in [2.45, 2.75) is 18.9 Å². The smallest absolute Gasteiger partial charge is 0.307 e. The first kappa shape index (κ1) is 16.1. The van der Waals surface area contributed by atoms with E-state index in [0.29, 0.717) is 5.69 Å². The van der Waals surface area contributed by atoms with Crippen LogP contribution in [0.5, 0.6) is 0 Å². The number of aliphatic carboxylic acids is 1. The fourth-order valence-corrected chi connectivity index (χ4v) is 1.93. The summed E-state index contributed by atoms with van der Waals surface area (Å²) in [5, 5.41) is 11.2. The number of hydrogen-bond donors (Lipinski definition) is 2. The molecule has 8 heteroatoms. The van der Waals surface area contributed by atoms with E-state index in [1.807, 2.05) is 0 Å². The monoisotopic (exact) mass is 300 g/mol. The molecule has 0 saturated heterocycles. The summed E-state index contributed by atoms with van der Waals surface area (Å²) in [6, 6.07) is 2.68. The van der Waals surface area contributed by atoms with Crippen LogP contribution in [0, 0.1) is 11.8 Å². The lowest BCUT2D eigenvalue weighted by Crippen LogP contribution is -2.30. The molecule has 1 amide bonds. The van der Waals surface area contributed by atoms with Crippen molar-refractivity contribution in [2.24, 2.45) is 11.8 Å². The standard InChI is InChI=1S/C12H16N2O5S/c1-7(8(2)12(16)17)11(15)14-9-4-5-10(13-6-9)20(3,18)19/h4-8H,1-3H3,(H,14,15)(H,16,17). The number of carbonyl (C=O) groups excluding carboxylic acids is 1. The number of carboxylic acid groups (broad SMARTS) is 1. The van der Waals surface area contributed by atoms with Gasteiger partial charge in [0.1, 0.15) is 0 Å². The van der Waals surface area contributed by atoms with Crippen molar-refractivity contribution in [3.8, 4) is 0 Å². The molecule has 0 saturated carbocycles. The molecule has 0 aliphatic heterocycles. The van der Waals surface area contributed by atoms with Gasteiger partial charge in [-0.25, -0.2) is 13.4 Å². The Balaban J connectivity index is 2.79. The zero-order chi connectivity index (χ0) is 15.5. The van der Waals surface area contributed by atoms with E-state index < -0.39 is 33.5 Å². The van der Waals surface area contributed by atoms with Gasteiger partial charge in [-0.1, -0.05) is 13.8 Å². The van der Waals surface area contributed by atoms with Crippen LogP contribution in [-0.2, 0) is 19.4 Å². The van der Waals surface area contributed by atoms with E-state index >= 15 is 0 Å². The van der Waals surface area contributed by atoms with E-state index in [2.05, 4.69) is 10.3 Å².